The van der Waals surface area contributed by atoms with E-state index in [0.29, 0.717) is 28.0 Å². The van der Waals surface area contributed by atoms with Crippen molar-refractivity contribution in [3.63, 3.8) is 0 Å². The molecule has 0 aliphatic carbocycles. The van der Waals surface area contributed by atoms with E-state index >= 15 is 0 Å². The fraction of sp³-hybridized carbons (Fsp3) is 0.211. The maximum Gasteiger partial charge on any atom is 0.341 e. The van der Waals surface area contributed by atoms with Crippen molar-refractivity contribution < 1.29 is 14.5 Å². The molecule has 27 heavy (non-hydrogen) atoms. The zero-order valence-corrected chi connectivity index (χ0v) is 15.1. The first kappa shape index (κ1) is 18.2. The smallest absolute Gasteiger partial charge is 0.341 e. The summed E-state index contributed by atoms with van der Waals surface area (Å²) in [6.45, 7) is 5.49. The summed E-state index contributed by atoms with van der Waals surface area (Å²) in [6.07, 6.45) is 1.37. The van der Waals surface area contributed by atoms with E-state index in [1.54, 1.807) is 38.1 Å². The van der Waals surface area contributed by atoms with Crippen LogP contribution in [0.4, 0.5) is 17.1 Å². The van der Waals surface area contributed by atoms with E-state index in [-0.39, 0.29) is 17.9 Å². The summed E-state index contributed by atoms with van der Waals surface area (Å²) in [6, 6.07) is 8.34. The van der Waals surface area contributed by atoms with Gasteiger partial charge in [-0.2, -0.15) is 0 Å². The largest absolute Gasteiger partial charge is 0.462 e. The highest BCUT2D eigenvalue weighted by atomic mass is 16.6. The number of esters is 1. The van der Waals surface area contributed by atoms with E-state index in [4.69, 9.17) is 4.74 Å². The Morgan fingerprint density at radius 1 is 1.22 bits per heavy atom. The van der Waals surface area contributed by atoms with E-state index in [1.165, 1.54) is 12.3 Å². The number of para-hydroxylation sites is 1. The lowest BCUT2D eigenvalue weighted by Crippen LogP contribution is -2.10. The molecule has 0 bridgehead atoms. The molecule has 0 saturated heterocycles. The first-order valence-corrected chi connectivity index (χ1v) is 8.37. The van der Waals surface area contributed by atoms with Crippen LogP contribution in [0, 0.1) is 24.0 Å². The predicted octanol–water partition coefficient (Wildman–Crippen LogP) is 4.08. The van der Waals surface area contributed by atoms with Crippen LogP contribution in [0.3, 0.4) is 0 Å². The van der Waals surface area contributed by atoms with Crippen LogP contribution >= 0.6 is 0 Å². The minimum absolute atomic E-state index is 0.0881. The molecule has 0 aliphatic heterocycles. The highest BCUT2D eigenvalue weighted by Crippen LogP contribution is 2.35. The monoisotopic (exact) mass is 366 g/mol. The third kappa shape index (κ3) is 3.55. The molecule has 0 fully saturated rings. The minimum atomic E-state index is -0.564. The van der Waals surface area contributed by atoms with Gasteiger partial charge in [-0.3, -0.25) is 10.1 Å². The van der Waals surface area contributed by atoms with Crippen LogP contribution in [0.5, 0.6) is 0 Å². The summed E-state index contributed by atoms with van der Waals surface area (Å²) < 4.78 is 5.11. The number of nitrogens with zero attached hydrogens (tertiary/aromatic N) is 3. The number of carbonyl (C=O) groups is 1. The summed E-state index contributed by atoms with van der Waals surface area (Å²) in [4.78, 5) is 32.0. The lowest BCUT2D eigenvalue weighted by molar-refractivity contribution is -0.383. The number of aromatic nitrogens is 2. The number of nitrogens with one attached hydrogen (secondary N) is 1. The molecule has 2 heterocycles. The quantitative estimate of drug-likeness (QED) is 0.412. The van der Waals surface area contributed by atoms with Crippen molar-refractivity contribution in [2.75, 3.05) is 11.9 Å². The number of fused-ring (bicyclic) bond motifs is 1. The molecule has 1 N–H and O–H groups in total. The molecule has 8 nitrogen and oxygen atoms in total. The number of hydrogen-bond acceptors (Lipinski definition) is 7. The summed E-state index contributed by atoms with van der Waals surface area (Å²) in [5.41, 5.74) is 2.66. The van der Waals surface area contributed by atoms with Crippen molar-refractivity contribution >= 4 is 34.1 Å². The fourth-order valence-corrected chi connectivity index (χ4v) is 2.76. The van der Waals surface area contributed by atoms with Gasteiger partial charge in [0.15, 0.2) is 5.65 Å². The van der Waals surface area contributed by atoms with Crippen molar-refractivity contribution in [3.8, 4) is 0 Å². The first-order valence-electron chi connectivity index (χ1n) is 8.37. The molecule has 8 heteroatoms. The van der Waals surface area contributed by atoms with E-state index < -0.39 is 10.9 Å². The number of pyridine rings is 2. The first-order chi connectivity index (χ1) is 12.9. The number of nitro groups is 1. The molecule has 3 rings (SSSR count). The molecule has 0 unspecified atom stereocenters. The summed E-state index contributed by atoms with van der Waals surface area (Å²) in [5.74, 6) is -0.564. The molecular formula is C19H18N4O4. The summed E-state index contributed by atoms with van der Waals surface area (Å²) in [5, 5.41) is 15.1. The molecule has 3 aromatic rings. The average molecular weight is 366 g/mol. The lowest BCUT2D eigenvalue weighted by Gasteiger charge is -2.15. The Labute approximate surface area is 155 Å². The standard InChI is InChI=1S/C19H18N4O4/c1-4-27-19(24)14-10-20-18-13(9-8-12(3)21-18)17(14)22-16-11(2)6-5-7-15(16)23(25)26/h5-10H,4H2,1-3H3,(H,20,21,22). The number of hydrogen-bond donors (Lipinski definition) is 1. The molecule has 0 radical (unpaired) electrons. The normalized spacial score (nSPS) is 10.6. The van der Waals surface area contributed by atoms with Crippen molar-refractivity contribution in [2.24, 2.45) is 0 Å². The number of benzene rings is 1. The minimum Gasteiger partial charge on any atom is -0.462 e. The third-order valence-corrected chi connectivity index (χ3v) is 4.06. The maximum atomic E-state index is 12.4. The van der Waals surface area contributed by atoms with E-state index in [1.807, 2.05) is 6.92 Å². The average Bonchev–Trinajstić information content (AvgIpc) is 2.63. The van der Waals surface area contributed by atoms with Gasteiger partial charge in [-0.05, 0) is 38.5 Å². The van der Waals surface area contributed by atoms with E-state index in [9.17, 15) is 14.9 Å². The van der Waals surface area contributed by atoms with Crippen LogP contribution in [0.25, 0.3) is 11.0 Å². The Morgan fingerprint density at radius 2 is 2.00 bits per heavy atom. The van der Waals surface area contributed by atoms with Crippen LogP contribution < -0.4 is 5.32 Å². The molecule has 0 aliphatic rings. The lowest BCUT2D eigenvalue weighted by atomic mass is 10.1. The van der Waals surface area contributed by atoms with Gasteiger partial charge in [-0.25, -0.2) is 14.8 Å². The van der Waals surface area contributed by atoms with Crippen molar-refractivity contribution in [2.45, 2.75) is 20.8 Å². The van der Waals surface area contributed by atoms with E-state index in [2.05, 4.69) is 15.3 Å². The van der Waals surface area contributed by atoms with Crippen LogP contribution in [0.15, 0.2) is 36.5 Å². The van der Waals surface area contributed by atoms with Crippen LogP contribution in [-0.2, 0) is 4.74 Å². The molecule has 138 valence electrons. The zero-order chi connectivity index (χ0) is 19.6. The van der Waals surface area contributed by atoms with Crippen LogP contribution in [0.2, 0.25) is 0 Å². The van der Waals surface area contributed by atoms with Gasteiger partial charge in [0.25, 0.3) is 5.69 Å². The van der Waals surface area contributed by atoms with Gasteiger partial charge in [0.2, 0.25) is 0 Å². The van der Waals surface area contributed by atoms with Gasteiger partial charge in [0.05, 0.1) is 17.2 Å². The highest BCUT2D eigenvalue weighted by molar-refractivity contribution is 6.05. The number of anilines is 2. The SMILES string of the molecule is CCOC(=O)c1cnc2nc(C)ccc2c1Nc1c(C)cccc1[N+](=O)[O-]. The Morgan fingerprint density at radius 3 is 2.70 bits per heavy atom. The van der Waals surface area contributed by atoms with Gasteiger partial charge in [-0.15, -0.1) is 0 Å². The second kappa shape index (κ2) is 7.36. The van der Waals surface area contributed by atoms with Crippen LogP contribution in [0.1, 0.15) is 28.5 Å². The van der Waals surface area contributed by atoms with Crippen molar-refractivity contribution in [3.05, 3.63) is 63.5 Å². The molecule has 0 atom stereocenters. The Hall–Kier alpha value is -3.55. The second-order valence-electron chi connectivity index (χ2n) is 5.94. The maximum absolute atomic E-state index is 12.4. The predicted molar refractivity (Wildman–Crippen MR) is 101 cm³/mol. The summed E-state index contributed by atoms with van der Waals surface area (Å²) in [7, 11) is 0. The number of rotatable bonds is 5. The summed E-state index contributed by atoms with van der Waals surface area (Å²) >= 11 is 0. The van der Waals surface area contributed by atoms with Gasteiger partial charge in [-0.1, -0.05) is 12.1 Å². The van der Waals surface area contributed by atoms with Gasteiger partial charge in [0.1, 0.15) is 11.3 Å². The molecule has 0 amide bonds. The van der Waals surface area contributed by atoms with Crippen molar-refractivity contribution in [1.82, 2.24) is 9.97 Å². The van der Waals surface area contributed by atoms with Crippen molar-refractivity contribution in [1.29, 1.82) is 0 Å². The molecule has 0 spiro atoms. The van der Waals surface area contributed by atoms with Crippen LogP contribution in [-0.4, -0.2) is 27.5 Å². The number of carbonyl (C=O) groups excluding carboxylic acids is 1. The topological polar surface area (TPSA) is 107 Å². The Balaban J connectivity index is 2.25. The van der Waals surface area contributed by atoms with E-state index in [0.717, 1.165) is 5.69 Å². The number of aryl methyl sites for hydroxylation is 2. The van der Waals surface area contributed by atoms with Gasteiger partial charge in [0, 0.05) is 23.3 Å². The van der Waals surface area contributed by atoms with Gasteiger partial charge < -0.3 is 10.1 Å². The number of nitro benzene ring substituents is 1. The molecule has 1 aromatic carbocycles. The second-order valence-corrected chi connectivity index (χ2v) is 5.94. The fourth-order valence-electron chi connectivity index (χ4n) is 2.76. The molecular weight excluding hydrogens is 348 g/mol. The van der Waals surface area contributed by atoms with Gasteiger partial charge >= 0.3 is 5.97 Å². The molecule has 2 aromatic heterocycles. The Kier molecular flexibility index (Phi) is 4.98. The third-order valence-electron chi connectivity index (χ3n) is 4.06. The Bertz CT molecular complexity index is 1050. The molecule has 0 saturated carbocycles. The number of ether oxygens (including phenoxy) is 1. The highest BCUT2D eigenvalue weighted by Gasteiger charge is 2.22. The zero-order valence-electron chi connectivity index (χ0n) is 15.1.